The number of amides is 1. The van der Waals surface area contributed by atoms with Crippen molar-refractivity contribution in [2.45, 2.75) is 6.92 Å². The molecule has 0 fully saturated rings. The summed E-state index contributed by atoms with van der Waals surface area (Å²) < 4.78 is 6.75. The van der Waals surface area contributed by atoms with Gasteiger partial charge in [0.1, 0.15) is 11.5 Å². The van der Waals surface area contributed by atoms with Crippen molar-refractivity contribution in [3.8, 4) is 5.75 Å². The van der Waals surface area contributed by atoms with E-state index in [1.165, 1.54) is 12.5 Å². The van der Waals surface area contributed by atoms with Gasteiger partial charge in [-0.2, -0.15) is 5.10 Å². The van der Waals surface area contributed by atoms with Gasteiger partial charge in [0.25, 0.3) is 5.91 Å². The number of phenolic OH excluding ortho intramolecular Hbond substituents is 1. The molecule has 2 N–H and O–H groups in total. The van der Waals surface area contributed by atoms with E-state index in [0.29, 0.717) is 30.3 Å². The third kappa shape index (κ3) is 3.56. The summed E-state index contributed by atoms with van der Waals surface area (Å²) in [6.45, 7) is 1.69. The molecule has 0 saturated heterocycles. The minimum absolute atomic E-state index is 0.0525. The molecule has 21 heavy (non-hydrogen) atoms. The highest BCUT2D eigenvalue weighted by atomic mass is 79.9. The van der Waals surface area contributed by atoms with Crippen molar-refractivity contribution in [1.82, 2.24) is 5.43 Å². The van der Waals surface area contributed by atoms with Crippen molar-refractivity contribution in [2.24, 2.45) is 5.10 Å². The molecule has 0 aliphatic carbocycles. The number of phenols is 1. The first kappa shape index (κ1) is 16.3. The van der Waals surface area contributed by atoms with E-state index >= 15 is 0 Å². The standard InChI is InChI=1S/C13H9Br3N2O3/c1-6-7(2-3-21-6)13(20)18-17-5-8-9(14)4-10(15)12(19)11(8)16/h2-5,19H,1H3,(H,18,20)/b17-5+. The zero-order chi connectivity index (χ0) is 15.6. The number of hydrogen-bond donors (Lipinski definition) is 2. The van der Waals surface area contributed by atoms with Crippen molar-refractivity contribution in [1.29, 1.82) is 0 Å². The molecule has 2 aromatic rings. The second-order valence-electron chi connectivity index (χ2n) is 4.01. The number of rotatable bonds is 3. The second kappa shape index (κ2) is 6.76. The molecule has 0 aliphatic heterocycles. The molecule has 0 aliphatic rings. The average molecular weight is 481 g/mol. The predicted octanol–water partition coefficient (Wildman–Crippen LogP) is 4.35. The van der Waals surface area contributed by atoms with Crippen LogP contribution in [-0.4, -0.2) is 17.2 Å². The Balaban J connectivity index is 2.18. The summed E-state index contributed by atoms with van der Waals surface area (Å²) >= 11 is 9.85. The van der Waals surface area contributed by atoms with Gasteiger partial charge in [0.05, 0.1) is 27.0 Å². The molecule has 5 nitrogen and oxygen atoms in total. The first-order valence-electron chi connectivity index (χ1n) is 5.65. The van der Waals surface area contributed by atoms with Crippen LogP contribution in [0.3, 0.4) is 0 Å². The number of nitrogens with one attached hydrogen (secondary N) is 1. The lowest BCUT2D eigenvalue weighted by atomic mass is 10.2. The number of nitrogens with zero attached hydrogens (tertiary/aromatic N) is 1. The van der Waals surface area contributed by atoms with Crippen LogP contribution in [0.25, 0.3) is 0 Å². The van der Waals surface area contributed by atoms with Gasteiger partial charge in [-0.1, -0.05) is 15.9 Å². The molecule has 0 bridgehead atoms. The van der Waals surface area contributed by atoms with Gasteiger partial charge >= 0.3 is 0 Å². The number of hydrazone groups is 1. The lowest BCUT2D eigenvalue weighted by Gasteiger charge is -2.06. The molecule has 0 radical (unpaired) electrons. The zero-order valence-electron chi connectivity index (χ0n) is 10.7. The molecule has 1 amide bonds. The van der Waals surface area contributed by atoms with Gasteiger partial charge in [0.2, 0.25) is 0 Å². The zero-order valence-corrected chi connectivity index (χ0v) is 15.4. The molecule has 1 aromatic heterocycles. The Labute approximate surface area is 145 Å². The van der Waals surface area contributed by atoms with Crippen molar-refractivity contribution in [3.63, 3.8) is 0 Å². The quantitative estimate of drug-likeness (QED) is 0.507. The summed E-state index contributed by atoms with van der Waals surface area (Å²) in [5.74, 6) is 0.203. The van der Waals surface area contributed by atoms with Gasteiger partial charge < -0.3 is 9.52 Å². The molecule has 1 heterocycles. The summed E-state index contributed by atoms with van der Waals surface area (Å²) in [4.78, 5) is 11.8. The Bertz CT molecular complexity index is 726. The van der Waals surface area contributed by atoms with Crippen LogP contribution >= 0.6 is 47.8 Å². The third-order valence-electron chi connectivity index (χ3n) is 2.64. The van der Waals surface area contributed by atoms with Crippen molar-refractivity contribution in [3.05, 3.63) is 48.7 Å². The minimum atomic E-state index is -0.369. The van der Waals surface area contributed by atoms with Crippen molar-refractivity contribution in [2.75, 3.05) is 0 Å². The van der Waals surface area contributed by atoms with Crippen molar-refractivity contribution >= 4 is 59.9 Å². The lowest BCUT2D eigenvalue weighted by molar-refractivity contribution is 0.0953. The molecular formula is C13H9Br3N2O3. The van der Waals surface area contributed by atoms with E-state index in [1.807, 2.05) is 0 Å². The van der Waals surface area contributed by atoms with Gasteiger partial charge in [-0.3, -0.25) is 4.79 Å². The monoisotopic (exact) mass is 478 g/mol. The van der Waals surface area contributed by atoms with E-state index in [9.17, 15) is 9.90 Å². The molecule has 0 atom stereocenters. The third-order valence-corrected chi connectivity index (χ3v) is 4.71. The summed E-state index contributed by atoms with van der Waals surface area (Å²) in [5.41, 5.74) is 3.42. The van der Waals surface area contributed by atoms with Crippen LogP contribution in [-0.2, 0) is 0 Å². The number of hydrogen-bond acceptors (Lipinski definition) is 4. The average Bonchev–Trinajstić information content (AvgIpc) is 2.86. The Morgan fingerprint density at radius 3 is 2.71 bits per heavy atom. The topological polar surface area (TPSA) is 74.8 Å². The Morgan fingerprint density at radius 2 is 2.10 bits per heavy atom. The highest BCUT2D eigenvalue weighted by Gasteiger charge is 2.13. The number of carbonyl (C=O) groups is 1. The molecule has 110 valence electrons. The fourth-order valence-electron chi connectivity index (χ4n) is 1.55. The molecule has 0 saturated carbocycles. The van der Waals surface area contributed by atoms with E-state index in [4.69, 9.17) is 4.42 Å². The fraction of sp³-hybridized carbons (Fsp3) is 0.0769. The van der Waals surface area contributed by atoms with E-state index < -0.39 is 0 Å². The molecule has 0 unspecified atom stereocenters. The van der Waals surface area contributed by atoms with Crippen molar-refractivity contribution < 1.29 is 14.3 Å². The Hall–Kier alpha value is -1.12. The van der Waals surface area contributed by atoms with Crippen LogP contribution < -0.4 is 5.43 Å². The summed E-state index contributed by atoms with van der Waals surface area (Å²) in [5, 5.41) is 13.7. The van der Waals surface area contributed by atoms with Crippen LogP contribution in [0.1, 0.15) is 21.7 Å². The Morgan fingerprint density at radius 1 is 1.38 bits per heavy atom. The highest BCUT2D eigenvalue weighted by molar-refractivity contribution is 9.11. The number of carbonyl (C=O) groups excluding carboxylic acids is 1. The lowest BCUT2D eigenvalue weighted by Crippen LogP contribution is -2.17. The van der Waals surface area contributed by atoms with E-state index in [2.05, 4.69) is 58.3 Å². The number of aromatic hydroxyl groups is 1. The number of halogens is 3. The molecule has 8 heteroatoms. The minimum Gasteiger partial charge on any atom is -0.506 e. The Kier molecular flexibility index (Phi) is 5.23. The maximum atomic E-state index is 11.8. The number of furan rings is 1. The van der Waals surface area contributed by atoms with E-state index in [1.54, 1.807) is 19.1 Å². The van der Waals surface area contributed by atoms with Crippen LogP contribution in [0.4, 0.5) is 0 Å². The first-order chi connectivity index (χ1) is 9.91. The predicted molar refractivity (Wildman–Crippen MR) is 89.7 cm³/mol. The van der Waals surface area contributed by atoms with Gasteiger partial charge in [-0.25, -0.2) is 5.43 Å². The fourth-order valence-corrected chi connectivity index (χ4v) is 3.87. The van der Waals surface area contributed by atoms with Gasteiger partial charge in [-0.05, 0) is 50.9 Å². The van der Waals surface area contributed by atoms with Gasteiger partial charge in [-0.15, -0.1) is 0 Å². The molecule has 1 aromatic carbocycles. The van der Waals surface area contributed by atoms with E-state index in [-0.39, 0.29) is 11.7 Å². The van der Waals surface area contributed by atoms with E-state index in [0.717, 1.165) is 0 Å². The number of benzene rings is 1. The summed E-state index contributed by atoms with van der Waals surface area (Å²) in [6.07, 6.45) is 2.86. The largest absolute Gasteiger partial charge is 0.506 e. The molecule has 2 rings (SSSR count). The SMILES string of the molecule is Cc1occc1C(=O)N/N=C/c1c(Br)cc(Br)c(O)c1Br. The van der Waals surface area contributed by atoms with Crippen LogP contribution in [0.15, 0.2) is 41.3 Å². The maximum Gasteiger partial charge on any atom is 0.274 e. The van der Waals surface area contributed by atoms with Gasteiger partial charge in [0.15, 0.2) is 0 Å². The first-order valence-corrected chi connectivity index (χ1v) is 8.03. The summed E-state index contributed by atoms with van der Waals surface area (Å²) in [6, 6.07) is 3.25. The van der Waals surface area contributed by atoms with Crippen LogP contribution in [0.5, 0.6) is 5.75 Å². The maximum absolute atomic E-state index is 11.8. The highest BCUT2D eigenvalue weighted by Crippen LogP contribution is 2.38. The summed E-state index contributed by atoms with van der Waals surface area (Å²) in [7, 11) is 0. The second-order valence-corrected chi connectivity index (χ2v) is 6.51. The normalized spacial score (nSPS) is 11.0. The van der Waals surface area contributed by atoms with Crippen LogP contribution in [0, 0.1) is 6.92 Å². The van der Waals surface area contributed by atoms with Crippen LogP contribution in [0.2, 0.25) is 0 Å². The molecular weight excluding hydrogens is 472 g/mol. The molecule has 0 spiro atoms. The number of aryl methyl sites for hydroxylation is 1. The van der Waals surface area contributed by atoms with Gasteiger partial charge in [0, 0.05) is 10.0 Å². The smallest absolute Gasteiger partial charge is 0.274 e.